The molecular formula is C14H18ClNO3. The Morgan fingerprint density at radius 3 is 2.53 bits per heavy atom. The molecule has 0 saturated carbocycles. The molecule has 1 atom stereocenters. The van der Waals surface area contributed by atoms with Gasteiger partial charge in [-0.15, -0.1) is 0 Å². The highest BCUT2D eigenvalue weighted by molar-refractivity contribution is 6.31. The molecule has 0 aliphatic carbocycles. The third-order valence-electron chi connectivity index (χ3n) is 3.28. The van der Waals surface area contributed by atoms with Crippen LogP contribution in [0.15, 0.2) is 24.3 Å². The minimum atomic E-state index is -0.934. The number of carboxylic acids is 1. The van der Waals surface area contributed by atoms with Crippen LogP contribution in [0.25, 0.3) is 0 Å². The monoisotopic (exact) mass is 283 g/mol. The molecule has 1 amide bonds. The van der Waals surface area contributed by atoms with Crippen molar-refractivity contribution in [2.45, 2.75) is 26.7 Å². The predicted octanol–water partition coefficient (Wildman–Crippen LogP) is 2.50. The normalized spacial score (nSPS) is 13.6. The van der Waals surface area contributed by atoms with Crippen LogP contribution in [0, 0.1) is 5.41 Å². The van der Waals surface area contributed by atoms with Crippen molar-refractivity contribution < 1.29 is 14.7 Å². The van der Waals surface area contributed by atoms with Gasteiger partial charge in [0.1, 0.15) is 0 Å². The van der Waals surface area contributed by atoms with Gasteiger partial charge in [-0.25, -0.2) is 0 Å². The Morgan fingerprint density at radius 2 is 2.00 bits per heavy atom. The van der Waals surface area contributed by atoms with Crippen LogP contribution in [0.1, 0.15) is 25.8 Å². The molecule has 1 aromatic carbocycles. The number of nitrogens with one attached hydrogen (secondary N) is 1. The van der Waals surface area contributed by atoms with E-state index in [1.165, 1.54) is 0 Å². The standard InChI is InChI=1S/C14H18ClNO3/c1-3-14(2,13(18)19)9-16-12(17)8-10-6-4-5-7-11(10)15/h4-7H,3,8-9H2,1-2H3,(H,16,17)(H,18,19). The molecule has 0 heterocycles. The summed E-state index contributed by atoms with van der Waals surface area (Å²) in [6, 6.07) is 7.10. The maximum absolute atomic E-state index is 11.8. The molecule has 104 valence electrons. The average molecular weight is 284 g/mol. The molecule has 0 aromatic heterocycles. The number of hydrogen-bond acceptors (Lipinski definition) is 2. The Hall–Kier alpha value is -1.55. The van der Waals surface area contributed by atoms with Crippen molar-refractivity contribution in [1.29, 1.82) is 0 Å². The van der Waals surface area contributed by atoms with E-state index in [2.05, 4.69) is 5.32 Å². The van der Waals surface area contributed by atoms with Crippen molar-refractivity contribution in [3.8, 4) is 0 Å². The molecule has 19 heavy (non-hydrogen) atoms. The molecule has 0 aliphatic rings. The van der Waals surface area contributed by atoms with Gasteiger partial charge < -0.3 is 10.4 Å². The summed E-state index contributed by atoms with van der Waals surface area (Å²) >= 11 is 5.96. The summed E-state index contributed by atoms with van der Waals surface area (Å²) in [5.41, 5.74) is -0.203. The third kappa shape index (κ3) is 4.24. The third-order valence-corrected chi connectivity index (χ3v) is 3.65. The molecule has 5 heteroatoms. The van der Waals surface area contributed by atoms with Gasteiger partial charge in [0, 0.05) is 11.6 Å². The summed E-state index contributed by atoms with van der Waals surface area (Å²) in [5, 5.41) is 12.3. The maximum atomic E-state index is 11.8. The zero-order valence-electron chi connectivity index (χ0n) is 11.1. The van der Waals surface area contributed by atoms with E-state index in [1.807, 2.05) is 6.07 Å². The Bertz CT molecular complexity index is 476. The number of halogens is 1. The molecule has 0 fully saturated rings. The van der Waals surface area contributed by atoms with Gasteiger partial charge in [0.2, 0.25) is 5.91 Å². The largest absolute Gasteiger partial charge is 0.481 e. The van der Waals surface area contributed by atoms with E-state index in [-0.39, 0.29) is 18.9 Å². The highest BCUT2D eigenvalue weighted by atomic mass is 35.5. The summed E-state index contributed by atoms with van der Waals surface area (Å²) in [7, 11) is 0. The lowest BCUT2D eigenvalue weighted by Crippen LogP contribution is -2.41. The lowest BCUT2D eigenvalue weighted by molar-refractivity contribution is -0.148. The molecule has 1 aromatic rings. The predicted molar refractivity (Wildman–Crippen MR) is 74.2 cm³/mol. The minimum absolute atomic E-state index is 0.113. The molecule has 1 unspecified atom stereocenters. The van der Waals surface area contributed by atoms with Gasteiger partial charge in [-0.1, -0.05) is 36.7 Å². The number of carboxylic acid groups (broad SMARTS) is 1. The molecule has 0 aliphatic heterocycles. The zero-order chi connectivity index (χ0) is 14.5. The van der Waals surface area contributed by atoms with Crippen LogP contribution < -0.4 is 5.32 Å². The van der Waals surface area contributed by atoms with Crippen molar-refractivity contribution in [3.63, 3.8) is 0 Å². The second-order valence-electron chi connectivity index (χ2n) is 4.76. The lowest BCUT2D eigenvalue weighted by Gasteiger charge is -2.23. The van der Waals surface area contributed by atoms with Gasteiger partial charge in [0.25, 0.3) is 0 Å². The van der Waals surface area contributed by atoms with Crippen LogP contribution in [-0.4, -0.2) is 23.5 Å². The van der Waals surface area contributed by atoms with Gasteiger partial charge in [0.05, 0.1) is 11.8 Å². The fourth-order valence-corrected chi connectivity index (χ4v) is 1.73. The molecule has 2 N–H and O–H groups in total. The van der Waals surface area contributed by atoms with Gasteiger partial charge in [-0.2, -0.15) is 0 Å². The van der Waals surface area contributed by atoms with E-state index < -0.39 is 11.4 Å². The molecule has 0 spiro atoms. The van der Waals surface area contributed by atoms with Crippen LogP contribution in [0.4, 0.5) is 0 Å². The Morgan fingerprint density at radius 1 is 1.37 bits per heavy atom. The molecule has 4 nitrogen and oxygen atoms in total. The van der Waals surface area contributed by atoms with Crippen LogP contribution in [0.2, 0.25) is 5.02 Å². The number of carbonyl (C=O) groups is 2. The number of amides is 1. The number of rotatable bonds is 6. The van der Waals surface area contributed by atoms with Crippen LogP contribution in [-0.2, 0) is 16.0 Å². The number of benzene rings is 1. The number of hydrogen-bond donors (Lipinski definition) is 2. The molecular weight excluding hydrogens is 266 g/mol. The topological polar surface area (TPSA) is 66.4 Å². The van der Waals surface area contributed by atoms with Gasteiger partial charge in [-0.3, -0.25) is 9.59 Å². The summed E-state index contributed by atoms with van der Waals surface area (Å²) in [5.74, 6) is -1.14. The second kappa shape index (κ2) is 6.57. The fraction of sp³-hybridized carbons (Fsp3) is 0.429. The first-order valence-corrected chi connectivity index (χ1v) is 6.50. The first kappa shape index (κ1) is 15.5. The molecule has 1 rings (SSSR count). The smallest absolute Gasteiger partial charge is 0.311 e. The van der Waals surface area contributed by atoms with Crippen molar-refractivity contribution >= 4 is 23.5 Å². The highest BCUT2D eigenvalue weighted by Gasteiger charge is 2.31. The van der Waals surface area contributed by atoms with Crippen LogP contribution in [0.3, 0.4) is 0 Å². The first-order valence-electron chi connectivity index (χ1n) is 6.12. The van der Waals surface area contributed by atoms with E-state index in [0.717, 1.165) is 5.56 Å². The van der Waals surface area contributed by atoms with Crippen LogP contribution in [0.5, 0.6) is 0 Å². The maximum Gasteiger partial charge on any atom is 0.311 e. The van der Waals surface area contributed by atoms with E-state index in [0.29, 0.717) is 11.4 Å². The van der Waals surface area contributed by atoms with E-state index >= 15 is 0 Å². The Balaban J connectivity index is 2.58. The SMILES string of the molecule is CCC(C)(CNC(=O)Cc1ccccc1Cl)C(=O)O. The van der Waals surface area contributed by atoms with Gasteiger partial charge in [0.15, 0.2) is 0 Å². The van der Waals surface area contributed by atoms with E-state index in [1.54, 1.807) is 32.0 Å². The minimum Gasteiger partial charge on any atom is -0.481 e. The average Bonchev–Trinajstić information content (AvgIpc) is 2.38. The summed E-state index contributed by atoms with van der Waals surface area (Å²) < 4.78 is 0. The lowest BCUT2D eigenvalue weighted by atomic mass is 9.87. The summed E-state index contributed by atoms with van der Waals surface area (Å²) in [6.07, 6.45) is 0.605. The van der Waals surface area contributed by atoms with Gasteiger partial charge >= 0.3 is 5.97 Å². The second-order valence-corrected chi connectivity index (χ2v) is 5.17. The molecule has 0 saturated heterocycles. The zero-order valence-corrected chi connectivity index (χ0v) is 11.8. The van der Waals surface area contributed by atoms with Crippen molar-refractivity contribution in [2.24, 2.45) is 5.41 Å². The molecule has 0 radical (unpaired) electrons. The number of carbonyl (C=O) groups excluding carboxylic acids is 1. The highest BCUT2D eigenvalue weighted by Crippen LogP contribution is 2.20. The van der Waals surface area contributed by atoms with Crippen molar-refractivity contribution in [1.82, 2.24) is 5.32 Å². The summed E-state index contributed by atoms with van der Waals surface area (Å²) in [4.78, 5) is 22.9. The van der Waals surface area contributed by atoms with E-state index in [4.69, 9.17) is 16.7 Å². The van der Waals surface area contributed by atoms with E-state index in [9.17, 15) is 9.59 Å². The first-order chi connectivity index (χ1) is 8.89. The fourth-order valence-electron chi connectivity index (χ4n) is 1.52. The molecule has 0 bridgehead atoms. The Kier molecular flexibility index (Phi) is 5.36. The summed E-state index contributed by atoms with van der Waals surface area (Å²) in [6.45, 7) is 3.52. The van der Waals surface area contributed by atoms with Crippen molar-refractivity contribution in [2.75, 3.05) is 6.54 Å². The van der Waals surface area contributed by atoms with Crippen LogP contribution >= 0.6 is 11.6 Å². The van der Waals surface area contributed by atoms with Crippen molar-refractivity contribution in [3.05, 3.63) is 34.9 Å². The quantitative estimate of drug-likeness (QED) is 0.843. The Labute approximate surface area is 117 Å². The number of aliphatic carboxylic acids is 1. The van der Waals surface area contributed by atoms with Gasteiger partial charge in [-0.05, 0) is 25.0 Å².